The van der Waals surface area contributed by atoms with Crippen LogP contribution in [0.5, 0.6) is 23.0 Å². The number of benzene rings is 3. The van der Waals surface area contributed by atoms with Crippen LogP contribution in [0.1, 0.15) is 10.4 Å². The summed E-state index contributed by atoms with van der Waals surface area (Å²) >= 11 is 0. The Hall–Kier alpha value is -4.46. The SMILES string of the molecule is COc1ccc(-c2cc(=O)c3c(O)cc(O)c(-c4cc(C(=O)O)ccc4OC)c3o2)cc1. The Morgan fingerprint density at radius 2 is 1.62 bits per heavy atom. The summed E-state index contributed by atoms with van der Waals surface area (Å²) in [6.07, 6.45) is 0. The van der Waals surface area contributed by atoms with Crippen molar-refractivity contribution in [3.05, 3.63) is 70.4 Å². The highest BCUT2D eigenvalue weighted by Gasteiger charge is 2.23. The summed E-state index contributed by atoms with van der Waals surface area (Å²) in [5.74, 6) is -1.02. The van der Waals surface area contributed by atoms with E-state index in [9.17, 15) is 24.9 Å². The lowest BCUT2D eigenvalue weighted by Crippen LogP contribution is -2.03. The number of phenols is 2. The van der Waals surface area contributed by atoms with E-state index in [0.717, 1.165) is 6.07 Å². The maximum atomic E-state index is 12.9. The van der Waals surface area contributed by atoms with Crippen molar-refractivity contribution in [2.75, 3.05) is 14.2 Å². The molecule has 0 atom stereocenters. The summed E-state index contributed by atoms with van der Waals surface area (Å²) in [5, 5.41) is 30.3. The van der Waals surface area contributed by atoms with Gasteiger partial charge in [-0.2, -0.15) is 0 Å². The van der Waals surface area contributed by atoms with E-state index < -0.39 is 22.9 Å². The fourth-order valence-corrected chi connectivity index (χ4v) is 3.50. The Morgan fingerprint density at radius 1 is 0.906 bits per heavy atom. The first-order chi connectivity index (χ1) is 15.3. The number of carbonyl (C=O) groups is 1. The molecule has 3 N–H and O–H groups in total. The number of hydrogen-bond acceptors (Lipinski definition) is 7. The second-order valence-corrected chi connectivity index (χ2v) is 6.92. The molecule has 0 unspecified atom stereocenters. The topological polar surface area (TPSA) is 126 Å². The smallest absolute Gasteiger partial charge is 0.335 e. The number of phenolic OH excluding ortho intramolecular Hbond substituents is 2. The molecule has 1 aromatic heterocycles. The van der Waals surface area contributed by atoms with E-state index in [2.05, 4.69) is 0 Å². The van der Waals surface area contributed by atoms with Gasteiger partial charge < -0.3 is 29.2 Å². The monoisotopic (exact) mass is 434 g/mol. The average Bonchev–Trinajstić information content (AvgIpc) is 2.78. The number of rotatable bonds is 5. The van der Waals surface area contributed by atoms with Gasteiger partial charge in [0, 0.05) is 23.3 Å². The second-order valence-electron chi connectivity index (χ2n) is 6.92. The quantitative estimate of drug-likeness (QED) is 0.425. The molecule has 1 heterocycles. The number of aromatic hydroxyl groups is 2. The Kier molecular flexibility index (Phi) is 5.19. The van der Waals surface area contributed by atoms with E-state index in [1.165, 1.54) is 38.5 Å². The zero-order valence-electron chi connectivity index (χ0n) is 17.1. The maximum absolute atomic E-state index is 12.9. The van der Waals surface area contributed by atoms with Gasteiger partial charge in [0.1, 0.15) is 34.1 Å². The number of hydrogen-bond donors (Lipinski definition) is 3. The van der Waals surface area contributed by atoms with Gasteiger partial charge in [0.2, 0.25) is 0 Å². The van der Waals surface area contributed by atoms with Crippen LogP contribution in [0.4, 0.5) is 0 Å². The van der Waals surface area contributed by atoms with Crippen LogP contribution in [0.25, 0.3) is 33.4 Å². The average molecular weight is 434 g/mol. The number of carboxylic acid groups (broad SMARTS) is 1. The third-order valence-corrected chi connectivity index (χ3v) is 5.05. The minimum Gasteiger partial charge on any atom is -0.507 e. The number of methoxy groups -OCH3 is 2. The molecule has 0 radical (unpaired) electrons. The lowest BCUT2D eigenvalue weighted by Gasteiger charge is -2.14. The van der Waals surface area contributed by atoms with Crippen molar-refractivity contribution >= 4 is 16.9 Å². The van der Waals surface area contributed by atoms with Crippen LogP contribution in [-0.4, -0.2) is 35.5 Å². The van der Waals surface area contributed by atoms with Crippen molar-refractivity contribution in [2.45, 2.75) is 0 Å². The second kappa shape index (κ2) is 7.99. The number of fused-ring (bicyclic) bond motifs is 1. The van der Waals surface area contributed by atoms with Crippen LogP contribution in [0.3, 0.4) is 0 Å². The van der Waals surface area contributed by atoms with Crippen LogP contribution >= 0.6 is 0 Å². The first-order valence-corrected chi connectivity index (χ1v) is 9.43. The third-order valence-electron chi connectivity index (χ3n) is 5.05. The number of carboxylic acids is 1. The van der Waals surface area contributed by atoms with E-state index in [1.54, 1.807) is 24.3 Å². The highest BCUT2D eigenvalue weighted by molar-refractivity contribution is 6.02. The number of ether oxygens (including phenoxy) is 2. The van der Waals surface area contributed by atoms with Gasteiger partial charge in [0.05, 0.1) is 25.3 Å². The molecule has 0 saturated carbocycles. The van der Waals surface area contributed by atoms with Gasteiger partial charge in [-0.25, -0.2) is 4.79 Å². The molecule has 0 fully saturated rings. The van der Waals surface area contributed by atoms with E-state index in [0.29, 0.717) is 11.3 Å². The van der Waals surface area contributed by atoms with Crippen molar-refractivity contribution < 1.29 is 34.0 Å². The minimum absolute atomic E-state index is 0.0187. The first-order valence-electron chi connectivity index (χ1n) is 9.43. The predicted molar refractivity (Wildman–Crippen MR) is 117 cm³/mol. The molecular weight excluding hydrogens is 416 g/mol. The highest BCUT2D eigenvalue weighted by Crippen LogP contribution is 2.44. The van der Waals surface area contributed by atoms with Crippen molar-refractivity contribution in [1.29, 1.82) is 0 Å². The van der Waals surface area contributed by atoms with Crippen LogP contribution in [-0.2, 0) is 0 Å². The lowest BCUT2D eigenvalue weighted by molar-refractivity contribution is 0.0697. The molecule has 0 aliphatic carbocycles. The van der Waals surface area contributed by atoms with E-state index in [-0.39, 0.29) is 39.2 Å². The fourth-order valence-electron chi connectivity index (χ4n) is 3.50. The zero-order chi connectivity index (χ0) is 23.0. The van der Waals surface area contributed by atoms with E-state index in [4.69, 9.17) is 13.9 Å². The Bertz CT molecular complexity index is 1400. The van der Waals surface area contributed by atoms with Gasteiger partial charge in [-0.05, 0) is 42.5 Å². The summed E-state index contributed by atoms with van der Waals surface area (Å²) < 4.78 is 16.5. The summed E-state index contributed by atoms with van der Waals surface area (Å²) in [6, 6.07) is 13.1. The summed E-state index contributed by atoms with van der Waals surface area (Å²) in [7, 11) is 2.92. The van der Waals surface area contributed by atoms with Gasteiger partial charge in [0.15, 0.2) is 11.0 Å². The molecule has 0 amide bonds. The molecule has 8 heteroatoms. The molecule has 8 nitrogen and oxygen atoms in total. The Morgan fingerprint density at radius 3 is 2.25 bits per heavy atom. The van der Waals surface area contributed by atoms with Crippen molar-refractivity contribution in [3.63, 3.8) is 0 Å². The summed E-state index contributed by atoms with van der Waals surface area (Å²) in [6.45, 7) is 0. The number of aromatic carboxylic acids is 1. The van der Waals surface area contributed by atoms with Gasteiger partial charge >= 0.3 is 5.97 Å². The van der Waals surface area contributed by atoms with E-state index in [1.807, 2.05) is 0 Å². The molecule has 0 aliphatic heterocycles. The molecular formula is C24H18O8. The molecule has 4 aromatic rings. The third kappa shape index (κ3) is 3.47. The van der Waals surface area contributed by atoms with Gasteiger partial charge in [-0.3, -0.25) is 4.79 Å². The minimum atomic E-state index is -1.18. The fraction of sp³-hybridized carbons (Fsp3) is 0.0833. The highest BCUT2D eigenvalue weighted by atomic mass is 16.5. The molecule has 4 rings (SSSR count). The molecule has 0 saturated heterocycles. The molecule has 0 aliphatic rings. The molecule has 0 bridgehead atoms. The van der Waals surface area contributed by atoms with Gasteiger partial charge in [-0.1, -0.05) is 0 Å². The van der Waals surface area contributed by atoms with Crippen molar-refractivity contribution in [3.8, 4) is 45.4 Å². The maximum Gasteiger partial charge on any atom is 0.335 e. The van der Waals surface area contributed by atoms with Crippen molar-refractivity contribution in [1.82, 2.24) is 0 Å². The molecule has 32 heavy (non-hydrogen) atoms. The van der Waals surface area contributed by atoms with Gasteiger partial charge in [-0.15, -0.1) is 0 Å². The van der Waals surface area contributed by atoms with Crippen LogP contribution in [0, 0.1) is 0 Å². The zero-order valence-corrected chi connectivity index (χ0v) is 17.1. The first kappa shape index (κ1) is 20.8. The Balaban J connectivity index is 2.07. The molecule has 3 aromatic carbocycles. The summed E-state index contributed by atoms with van der Waals surface area (Å²) in [5.41, 5.74) is 0.0564. The normalized spacial score (nSPS) is 10.8. The van der Waals surface area contributed by atoms with Crippen LogP contribution in [0.2, 0.25) is 0 Å². The van der Waals surface area contributed by atoms with Crippen LogP contribution < -0.4 is 14.9 Å². The van der Waals surface area contributed by atoms with Crippen LogP contribution in [0.15, 0.2) is 63.8 Å². The molecule has 162 valence electrons. The lowest BCUT2D eigenvalue weighted by atomic mass is 9.97. The summed E-state index contributed by atoms with van der Waals surface area (Å²) in [4.78, 5) is 24.4. The molecule has 0 spiro atoms. The predicted octanol–water partition coefficient (Wildman–Crippen LogP) is 4.25. The van der Waals surface area contributed by atoms with Gasteiger partial charge in [0.25, 0.3) is 0 Å². The van der Waals surface area contributed by atoms with Crippen molar-refractivity contribution in [2.24, 2.45) is 0 Å². The Labute approximate surface area is 181 Å². The largest absolute Gasteiger partial charge is 0.507 e. The standard InChI is InChI=1S/C24H18O8/c1-30-14-6-3-12(4-7-14)20-11-18(27)22-17(26)10-16(25)21(23(22)32-20)15-9-13(24(28)29)5-8-19(15)31-2/h3-11,25-26H,1-2H3,(H,28,29). The van der Waals surface area contributed by atoms with E-state index >= 15 is 0 Å².